The number of benzene rings is 1. The van der Waals surface area contributed by atoms with E-state index in [1.165, 1.54) is 25.7 Å². The molecule has 1 N–H and O–H groups in total. The zero-order chi connectivity index (χ0) is 24.1. The van der Waals surface area contributed by atoms with Gasteiger partial charge in [0.25, 0.3) is 5.91 Å². The van der Waals surface area contributed by atoms with Crippen LogP contribution in [0.2, 0.25) is 0 Å². The Morgan fingerprint density at radius 3 is 2.68 bits per heavy atom. The Hall–Kier alpha value is -3.35. The van der Waals surface area contributed by atoms with Gasteiger partial charge in [0.2, 0.25) is 5.91 Å². The number of methoxy groups -OCH3 is 1. The Morgan fingerprint density at radius 2 is 1.97 bits per heavy atom. The van der Waals surface area contributed by atoms with Gasteiger partial charge < -0.3 is 10.1 Å². The molecule has 0 atom stereocenters. The highest BCUT2D eigenvalue weighted by molar-refractivity contribution is 6.04. The van der Waals surface area contributed by atoms with Gasteiger partial charge in [-0.25, -0.2) is 4.98 Å². The number of anilines is 2. The lowest BCUT2D eigenvalue weighted by Crippen LogP contribution is -2.32. The quantitative estimate of drug-likeness (QED) is 0.457. The number of nitrogens with one attached hydrogen (secondary N) is 1. The number of aryl methyl sites for hydroxylation is 1. The van der Waals surface area contributed by atoms with Crippen LogP contribution < -0.4 is 15.0 Å². The van der Waals surface area contributed by atoms with E-state index in [1.54, 1.807) is 25.4 Å². The topological polar surface area (TPSA) is 75.9 Å². The van der Waals surface area contributed by atoms with Crippen molar-refractivity contribution in [2.75, 3.05) is 23.9 Å². The van der Waals surface area contributed by atoms with E-state index >= 15 is 0 Å². The lowest BCUT2D eigenvalue weighted by molar-refractivity contribution is -0.118. The van der Waals surface area contributed by atoms with Crippen molar-refractivity contribution in [2.24, 2.45) is 5.92 Å². The van der Waals surface area contributed by atoms with Crippen molar-refractivity contribution < 1.29 is 14.3 Å². The van der Waals surface area contributed by atoms with E-state index in [2.05, 4.69) is 5.32 Å². The summed E-state index contributed by atoms with van der Waals surface area (Å²) in [5, 5.41) is 2.92. The number of carbonyl (C=O) groups is 2. The van der Waals surface area contributed by atoms with Crippen LogP contribution in [0.5, 0.6) is 5.75 Å². The fourth-order valence-electron chi connectivity index (χ4n) is 4.85. The predicted molar refractivity (Wildman–Crippen MR) is 135 cm³/mol. The number of carbonyl (C=O) groups excluding carboxylic acids is 2. The van der Waals surface area contributed by atoms with Gasteiger partial charge in [-0.15, -0.1) is 0 Å². The Balaban J connectivity index is 1.61. The zero-order valence-corrected chi connectivity index (χ0v) is 20.3. The summed E-state index contributed by atoms with van der Waals surface area (Å²) < 4.78 is 7.13. The normalized spacial score (nSPS) is 13.9. The molecule has 0 bridgehead atoms. The fraction of sp³-hybridized carbons (Fsp3) is 0.444. The second-order valence-electron chi connectivity index (χ2n) is 8.89. The van der Waals surface area contributed by atoms with E-state index < -0.39 is 0 Å². The molecule has 7 nitrogen and oxygen atoms in total. The Kier molecular flexibility index (Phi) is 7.50. The van der Waals surface area contributed by atoms with Crippen LogP contribution >= 0.6 is 0 Å². The number of fused-ring (bicyclic) bond motifs is 1. The van der Waals surface area contributed by atoms with Crippen molar-refractivity contribution >= 4 is 29.0 Å². The number of pyridine rings is 1. The molecule has 3 aromatic rings. The second kappa shape index (κ2) is 10.7. The maximum atomic E-state index is 13.3. The molecular weight excluding hydrogens is 428 g/mol. The van der Waals surface area contributed by atoms with E-state index in [0.29, 0.717) is 42.3 Å². The first-order valence-electron chi connectivity index (χ1n) is 12.3. The van der Waals surface area contributed by atoms with Gasteiger partial charge in [-0.2, -0.15) is 0 Å². The lowest BCUT2D eigenvalue weighted by atomic mass is 10.0. The molecule has 1 aliphatic carbocycles. The van der Waals surface area contributed by atoms with Gasteiger partial charge in [0.15, 0.2) is 0 Å². The van der Waals surface area contributed by atoms with Crippen LogP contribution in [0.25, 0.3) is 5.65 Å². The third kappa shape index (κ3) is 5.08. The summed E-state index contributed by atoms with van der Waals surface area (Å²) in [6.45, 7) is 4.59. The van der Waals surface area contributed by atoms with Crippen molar-refractivity contribution in [1.82, 2.24) is 9.38 Å². The molecule has 0 unspecified atom stereocenters. The summed E-state index contributed by atoms with van der Waals surface area (Å²) in [6, 6.07) is 10.8. The molecule has 4 rings (SSSR count). The fourth-order valence-corrected chi connectivity index (χ4v) is 4.85. The van der Waals surface area contributed by atoms with Gasteiger partial charge in [-0.05, 0) is 49.9 Å². The molecule has 2 aromatic heterocycles. The van der Waals surface area contributed by atoms with E-state index in [-0.39, 0.29) is 11.8 Å². The van der Waals surface area contributed by atoms with E-state index in [9.17, 15) is 9.59 Å². The molecule has 0 aliphatic heterocycles. The third-order valence-electron chi connectivity index (χ3n) is 6.70. The van der Waals surface area contributed by atoms with Crippen LogP contribution in [0.3, 0.4) is 0 Å². The summed E-state index contributed by atoms with van der Waals surface area (Å²) in [5.41, 5.74) is 2.74. The minimum atomic E-state index is -0.233. The van der Waals surface area contributed by atoms with Gasteiger partial charge in [-0.1, -0.05) is 38.7 Å². The third-order valence-corrected chi connectivity index (χ3v) is 6.70. The summed E-state index contributed by atoms with van der Waals surface area (Å²) >= 11 is 0. The molecular formula is C27H34N4O3. The number of aromatic nitrogens is 2. The monoisotopic (exact) mass is 462 g/mol. The molecule has 0 spiro atoms. The van der Waals surface area contributed by atoms with Gasteiger partial charge in [0.1, 0.15) is 17.2 Å². The van der Waals surface area contributed by atoms with Gasteiger partial charge in [0.05, 0.1) is 18.4 Å². The number of rotatable bonds is 9. The Morgan fingerprint density at radius 1 is 1.18 bits per heavy atom. The molecule has 180 valence electrons. The SMILES string of the molecule is CCc1nc2ccc(C(=O)Nc3cccc(OC)c3)cn2c1N(CC)C(=O)CCC1CCCC1. The van der Waals surface area contributed by atoms with Crippen LogP contribution in [-0.4, -0.2) is 34.9 Å². The van der Waals surface area contributed by atoms with Gasteiger partial charge in [-0.3, -0.25) is 18.9 Å². The average Bonchev–Trinajstić information content (AvgIpc) is 3.51. The Labute approximate surface area is 201 Å². The van der Waals surface area contributed by atoms with Crippen LogP contribution in [0.1, 0.15) is 68.4 Å². The maximum absolute atomic E-state index is 13.3. The first kappa shape index (κ1) is 23.8. The number of hydrogen-bond donors (Lipinski definition) is 1. The Bertz CT molecular complexity index is 1160. The van der Waals surface area contributed by atoms with E-state index in [1.807, 2.05) is 47.4 Å². The minimum absolute atomic E-state index is 0.122. The van der Waals surface area contributed by atoms with Crippen molar-refractivity contribution in [1.29, 1.82) is 0 Å². The number of imidazole rings is 1. The highest BCUT2D eigenvalue weighted by Crippen LogP contribution is 2.30. The molecule has 0 saturated heterocycles. The maximum Gasteiger partial charge on any atom is 0.257 e. The van der Waals surface area contributed by atoms with Gasteiger partial charge in [0, 0.05) is 30.9 Å². The van der Waals surface area contributed by atoms with Crippen LogP contribution in [-0.2, 0) is 11.2 Å². The molecule has 7 heteroatoms. The van der Waals surface area contributed by atoms with Crippen molar-refractivity contribution in [3.63, 3.8) is 0 Å². The highest BCUT2D eigenvalue weighted by Gasteiger charge is 2.24. The van der Waals surface area contributed by atoms with Crippen molar-refractivity contribution in [3.05, 3.63) is 53.9 Å². The molecule has 2 amide bonds. The van der Waals surface area contributed by atoms with Crippen LogP contribution in [0.4, 0.5) is 11.5 Å². The second-order valence-corrected chi connectivity index (χ2v) is 8.89. The van der Waals surface area contributed by atoms with E-state index in [0.717, 1.165) is 23.6 Å². The summed E-state index contributed by atoms with van der Waals surface area (Å²) in [5.74, 6) is 2.00. The molecule has 1 aromatic carbocycles. The molecule has 1 aliphatic rings. The minimum Gasteiger partial charge on any atom is -0.497 e. The van der Waals surface area contributed by atoms with Gasteiger partial charge >= 0.3 is 0 Å². The number of amides is 2. The van der Waals surface area contributed by atoms with E-state index in [4.69, 9.17) is 9.72 Å². The van der Waals surface area contributed by atoms with Crippen molar-refractivity contribution in [2.45, 2.75) is 58.8 Å². The molecule has 1 saturated carbocycles. The summed E-state index contributed by atoms with van der Waals surface area (Å²) in [6.07, 6.45) is 9.01. The average molecular weight is 463 g/mol. The first-order valence-corrected chi connectivity index (χ1v) is 12.3. The lowest BCUT2D eigenvalue weighted by Gasteiger charge is -2.22. The summed E-state index contributed by atoms with van der Waals surface area (Å²) in [4.78, 5) is 32.8. The molecule has 2 heterocycles. The number of hydrogen-bond acceptors (Lipinski definition) is 4. The standard InChI is InChI=1S/C27H34N4O3/c1-4-23-27(30(5-2)25(32)16-13-19-9-6-7-10-19)31-18-20(14-15-24(31)29-23)26(33)28-21-11-8-12-22(17-21)34-3/h8,11-12,14-15,17-19H,4-7,9-10,13,16H2,1-3H3,(H,28,33). The largest absolute Gasteiger partial charge is 0.497 e. The molecule has 34 heavy (non-hydrogen) atoms. The van der Waals surface area contributed by atoms with Crippen LogP contribution in [0.15, 0.2) is 42.6 Å². The number of nitrogens with zero attached hydrogens (tertiary/aromatic N) is 3. The predicted octanol–water partition coefficient (Wildman–Crippen LogP) is 5.48. The number of ether oxygens (including phenoxy) is 1. The molecule has 1 fully saturated rings. The van der Waals surface area contributed by atoms with Crippen LogP contribution in [0, 0.1) is 5.92 Å². The van der Waals surface area contributed by atoms with Crippen molar-refractivity contribution in [3.8, 4) is 5.75 Å². The summed E-state index contributed by atoms with van der Waals surface area (Å²) in [7, 11) is 1.59. The molecule has 0 radical (unpaired) electrons. The smallest absolute Gasteiger partial charge is 0.257 e. The first-order chi connectivity index (χ1) is 16.5. The highest BCUT2D eigenvalue weighted by atomic mass is 16.5. The zero-order valence-electron chi connectivity index (χ0n) is 20.3.